The van der Waals surface area contributed by atoms with Crippen molar-refractivity contribution in [3.63, 3.8) is 0 Å². The first-order chi connectivity index (χ1) is 15.8. The molecule has 0 saturated heterocycles. The van der Waals surface area contributed by atoms with Crippen LogP contribution >= 0.6 is 0 Å². The predicted octanol–water partition coefficient (Wildman–Crippen LogP) is 4.13. The predicted molar refractivity (Wildman–Crippen MR) is 132 cm³/mol. The van der Waals surface area contributed by atoms with E-state index in [2.05, 4.69) is 38.1 Å². The summed E-state index contributed by atoms with van der Waals surface area (Å²) in [6.07, 6.45) is 5.85. The molecule has 0 fully saturated rings. The van der Waals surface area contributed by atoms with Crippen molar-refractivity contribution >= 4 is 17.7 Å². The highest BCUT2D eigenvalue weighted by Gasteiger charge is 2.16. The van der Waals surface area contributed by atoms with Gasteiger partial charge in [0.05, 0.1) is 12.0 Å². The highest BCUT2D eigenvalue weighted by Crippen LogP contribution is 2.14. The van der Waals surface area contributed by atoms with Crippen LogP contribution in [-0.2, 0) is 17.7 Å². The van der Waals surface area contributed by atoms with Crippen molar-refractivity contribution < 1.29 is 9.53 Å². The highest BCUT2D eigenvalue weighted by atomic mass is 16.6. The summed E-state index contributed by atoms with van der Waals surface area (Å²) in [7, 11) is 1.76. The maximum absolute atomic E-state index is 11.9. The zero-order chi connectivity index (χ0) is 23.7. The van der Waals surface area contributed by atoms with E-state index in [0.29, 0.717) is 12.2 Å². The zero-order valence-corrected chi connectivity index (χ0v) is 19.6. The van der Waals surface area contributed by atoms with Gasteiger partial charge in [-0.2, -0.15) is 0 Å². The minimum atomic E-state index is -0.524. The molecule has 0 aliphatic heterocycles. The first-order valence-corrected chi connectivity index (χ1v) is 10.9. The number of amides is 1. The van der Waals surface area contributed by atoms with Crippen LogP contribution in [0.4, 0.5) is 10.5 Å². The van der Waals surface area contributed by atoms with E-state index in [0.717, 1.165) is 35.7 Å². The molecular weight excluding hydrogens is 416 g/mol. The topological polar surface area (TPSA) is 92.6 Å². The van der Waals surface area contributed by atoms with Crippen molar-refractivity contribution in [2.75, 3.05) is 18.9 Å². The lowest BCUT2D eigenvalue weighted by molar-refractivity contribution is 0.0636. The lowest BCUT2D eigenvalue weighted by Crippen LogP contribution is -2.38. The first kappa shape index (κ1) is 23.8. The minimum absolute atomic E-state index is 0.457. The average Bonchev–Trinajstić information content (AvgIpc) is 3.31. The van der Waals surface area contributed by atoms with E-state index in [-0.39, 0.29) is 0 Å². The number of anilines is 1. The second-order valence-corrected chi connectivity index (χ2v) is 8.53. The molecule has 0 bridgehead atoms. The molecule has 8 heteroatoms. The van der Waals surface area contributed by atoms with Crippen LogP contribution in [-0.4, -0.2) is 40.8 Å². The maximum atomic E-state index is 11.9. The van der Waals surface area contributed by atoms with E-state index in [1.807, 2.05) is 67.9 Å². The van der Waals surface area contributed by atoms with Crippen molar-refractivity contribution in [2.24, 2.45) is 4.99 Å². The Bertz CT molecular complexity index is 1050. The quantitative estimate of drug-likeness (QED) is 0.373. The molecule has 3 N–H and O–H groups in total. The summed E-state index contributed by atoms with van der Waals surface area (Å²) in [5, 5.41) is 9.46. The molecule has 2 aromatic carbocycles. The van der Waals surface area contributed by atoms with E-state index in [1.54, 1.807) is 19.6 Å². The van der Waals surface area contributed by atoms with Crippen molar-refractivity contribution in [1.29, 1.82) is 0 Å². The van der Waals surface area contributed by atoms with E-state index < -0.39 is 11.7 Å². The summed E-state index contributed by atoms with van der Waals surface area (Å²) >= 11 is 0. The fraction of sp³-hybridized carbons (Fsp3) is 0.320. The number of ether oxygens (including phenoxy) is 1. The maximum Gasteiger partial charge on any atom is 0.412 e. The summed E-state index contributed by atoms with van der Waals surface area (Å²) in [6.45, 7) is 6.87. The Morgan fingerprint density at radius 2 is 1.85 bits per heavy atom. The van der Waals surface area contributed by atoms with E-state index in [1.165, 1.54) is 0 Å². The number of carbonyl (C=O) groups excluding carboxylic acids is 1. The Labute approximate surface area is 195 Å². The lowest BCUT2D eigenvalue weighted by atomic mass is 10.1. The Morgan fingerprint density at radius 1 is 1.09 bits per heavy atom. The molecule has 174 valence electrons. The Hall–Kier alpha value is -3.81. The van der Waals surface area contributed by atoms with Gasteiger partial charge in [0.25, 0.3) is 0 Å². The van der Waals surface area contributed by atoms with E-state index in [4.69, 9.17) is 4.74 Å². The van der Waals surface area contributed by atoms with Gasteiger partial charge in [-0.15, -0.1) is 0 Å². The lowest BCUT2D eigenvalue weighted by Gasteiger charge is -2.19. The molecule has 33 heavy (non-hydrogen) atoms. The summed E-state index contributed by atoms with van der Waals surface area (Å²) in [4.78, 5) is 20.3. The van der Waals surface area contributed by atoms with Crippen molar-refractivity contribution in [1.82, 2.24) is 20.2 Å². The van der Waals surface area contributed by atoms with Gasteiger partial charge in [-0.1, -0.05) is 30.3 Å². The number of guanidine groups is 1. The SMILES string of the molecule is CN=C(NCCc1ccc(NC(=O)OC(C)(C)C)cc1)NCc1ccccc1-n1ccnc1. The number of hydrogen-bond acceptors (Lipinski definition) is 4. The number of hydrogen-bond donors (Lipinski definition) is 3. The van der Waals surface area contributed by atoms with Crippen LogP contribution in [0.3, 0.4) is 0 Å². The van der Waals surface area contributed by atoms with Crippen LogP contribution in [0.2, 0.25) is 0 Å². The number of nitrogens with zero attached hydrogens (tertiary/aromatic N) is 3. The average molecular weight is 449 g/mol. The first-order valence-electron chi connectivity index (χ1n) is 10.9. The van der Waals surface area contributed by atoms with Gasteiger partial charge >= 0.3 is 6.09 Å². The molecule has 0 unspecified atom stereocenters. The molecule has 0 spiro atoms. The van der Waals surface area contributed by atoms with Crippen molar-refractivity contribution in [2.45, 2.75) is 39.3 Å². The number of para-hydroxylation sites is 1. The second kappa shape index (κ2) is 11.2. The fourth-order valence-electron chi connectivity index (χ4n) is 3.21. The molecule has 0 radical (unpaired) electrons. The zero-order valence-electron chi connectivity index (χ0n) is 19.6. The fourth-order valence-corrected chi connectivity index (χ4v) is 3.21. The van der Waals surface area contributed by atoms with E-state index >= 15 is 0 Å². The van der Waals surface area contributed by atoms with Crippen LogP contribution in [0, 0.1) is 0 Å². The molecule has 3 rings (SSSR count). The molecule has 3 aromatic rings. The number of benzene rings is 2. The number of carbonyl (C=O) groups is 1. The van der Waals surface area contributed by atoms with E-state index in [9.17, 15) is 4.79 Å². The molecule has 0 aliphatic carbocycles. The normalized spacial score (nSPS) is 11.7. The number of aromatic nitrogens is 2. The van der Waals surface area contributed by atoms with Gasteiger partial charge < -0.3 is 19.9 Å². The second-order valence-electron chi connectivity index (χ2n) is 8.53. The summed E-state index contributed by atoms with van der Waals surface area (Å²) < 4.78 is 7.27. The van der Waals surface area contributed by atoms with Crippen LogP contribution in [0.5, 0.6) is 0 Å². The largest absolute Gasteiger partial charge is 0.444 e. The standard InChI is InChI=1S/C25H32N6O2/c1-25(2,3)33-24(32)30-21-11-9-19(10-12-21)13-14-28-23(26-4)29-17-20-7-5-6-8-22(20)31-16-15-27-18-31/h5-12,15-16,18H,13-14,17H2,1-4H3,(H,30,32)(H2,26,28,29). The van der Waals surface area contributed by atoms with Crippen molar-refractivity contribution in [3.05, 3.63) is 78.4 Å². The Kier molecular flexibility index (Phi) is 8.07. The number of rotatable bonds is 7. The molecule has 0 aliphatic rings. The van der Waals surface area contributed by atoms with Gasteiger partial charge in [0.15, 0.2) is 5.96 Å². The number of aliphatic imine (C=N–C) groups is 1. The van der Waals surface area contributed by atoms with Crippen LogP contribution in [0.1, 0.15) is 31.9 Å². The van der Waals surface area contributed by atoms with Crippen LogP contribution in [0.25, 0.3) is 5.69 Å². The smallest absolute Gasteiger partial charge is 0.412 e. The summed E-state index contributed by atoms with van der Waals surface area (Å²) in [5.41, 5.74) is 3.56. The molecule has 1 aromatic heterocycles. The monoisotopic (exact) mass is 448 g/mol. The van der Waals surface area contributed by atoms with Crippen LogP contribution in [0.15, 0.2) is 72.2 Å². The van der Waals surface area contributed by atoms with Gasteiger partial charge in [-0.05, 0) is 56.5 Å². The molecule has 1 amide bonds. The molecule has 8 nitrogen and oxygen atoms in total. The Balaban J connectivity index is 1.46. The summed E-state index contributed by atoms with van der Waals surface area (Å²) in [5.74, 6) is 0.735. The number of imidazole rings is 1. The molecule has 1 heterocycles. The molecular formula is C25H32N6O2. The Morgan fingerprint density at radius 3 is 2.52 bits per heavy atom. The molecule has 0 saturated carbocycles. The minimum Gasteiger partial charge on any atom is -0.444 e. The highest BCUT2D eigenvalue weighted by molar-refractivity contribution is 5.84. The third-order valence-electron chi connectivity index (χ3n) is 4.75. The van der Waals surface area contributed by atoms with Gasteiger partial charge in [-0.25, -0.2) is 9.78 Å². The molecule has 0 atom stereocenters. The summed E-state index contributed by atoms with van der Waals surface area (Å²) in [6, 6.07) is 15.9. The van der Waals surface area contributed by atoms with Gasteiger partial charge in [-0.3, -0.25) is 10.3 Å². The van der Waals surface area contributed by atoms with Crippen LogP contribution < -0.4 is 16.0 Å². The van der Waals surface area contributed by atoms with Crippen molar-refractivity contribution in [3.8, 4) is 5.69 Å². The number of nitrogens with one attached hydrogen (secondary N) is 3. The van der Waals surface area contributed by atoms with Gasteiger partial charge in [0, 0.05) is 38.2 Å². The third-order valence-corrected chi connectivity index (χ3v) is 4.75. The van der Waals surface area contributed by atoms with Gasteiger partial charge in [0.1, 0.15) is 5.60 Å². The van der Waals surface area contributed by atoms with Gasteiger partial charge in [0.2, 0.25) is 0 Å². The third kappa shape index (κ3) is 7.68.